The molecule has 0 bridgehead atoms. The van der Waals surface area contributed by atoms with Crippen LogP contribution in [-0.2, 0) is 9.59 Å². The lowest BCUT2D eigenvalue weighted by Crippen LogP contribution is -2.44. The van der Waals surface area contributed by atoms with Crippen LogP contribution >= 0.6 is 0 Å². The third-order valence-electron chi connectivity index (χ3n) is 2.92. The lowest BCUT2D eigenvalue weighted by atomic mass is 10.1. The van der Waals surface area contributed by atoms with E-state index in [0.29, 0.717) is 6.54 Å². The first-order valence-corrected chi connectivity index (χ1v) is 5.54. The van der Waals surface area contributed by atoms with Gasteiger partial charge in [0.25, 0.3) is 0 Å². The Morgan fingerprint density at radius 3 is 2.67 bits per heavy atom. The molecule has 1 N–H and O–H groups in total. The number of nitrogens with one attached hydrogen (secondary N) is 1. The number of amides is 1. The third kappa shape index (κ3) is 3.02. The van der Waals surface area contributed by atoms with Crippen molar-refractivity contribution >= 4 is 11.7 Å². The van der Waals surface area contributed by atoms with Crippen LogP contribution in [0.5, 0.6) is 0 Å². The first-order valence-electron chi connectivity index (χ1n) is 5.54. The fourth-order valence-corrected chi connectivity index (χ4v) is 1.86. The summed E-state index contributed by atoms with van der Waals surface area (Å²) >= 11 is 0. The van der Waals surface area contributed by atoms with E-state index in [1.807, 2.05) is 18.7 Å². The lowest BCUT2D eigenvalue weighted by molar-refractivity contribution is -0.127. The average Bonchev–Trinajstić information content (AvgIpc) is 2.64. The normalized spacial score (nSPS) is 22.0. The van der Waals surface area contributed by atoms with Gasteiger partial charge >= 0.3 is 0 Å². The van der Waals surface area contributed by atoms with Crippen molar-refractivity contribution in [3.8, 4) is 0 Å². The molecular weight excluding hydrogens is 192 g/mol. The Labute approximate surface area is 91.0 Å². The van der Waals surface area contributed by atoms with Crippen molar-refractivity contribution in [2.45, 2.75) is 32.7 Å². The molecule has 4 nitrogen and oxygen atoms in total. The highest BCUT2D eigenvalue weighted by atomic mass is 16.2. The lowest BCUT2D eigenvalue weighted by Gasteiger charge is -2.22. The van der Waals surface area contributed by atoms with E-state index in [-0.39, 0.29) is 23.7 Å². The van der Waals surface area contributed by atoms with Gasteiger partial charge in [-0.15, -0.1) is 0 Å². The van der Waals surface area contributed by atoms with Gasteiger partial charge in [-0.3, -0.25) is 14.5 Å². The van der Waals surface area contributed by atoms with Crippen molar-refractivity contribution in [3.63, 3.8) is 0 Å². The zero-order valence-corrected chi connectivity index (χ0v) is 9.75. The van der Waals surface area contributed by atoms with E-state index >= 15 is 0 Å². The van der Waals surface area contributed by atoms with Crippen LogP contribution in [0.3, 0.4) is 0 Å². The zero-order chi connectivity index (χ0) is 11.4. The summed E-state index contributed by atoms with van der Waals surface area (Å²) in [5.74, 6) is 0.297. The molecule has 1 heterocycles. The van der Waals surface area contributed by atoms with Gasteiger partial charge in [-0.1, -0.05) is 13.8 Å². The molecule has 1 rings (SSSR count). The van der Waals surface area contributed by atoms with Gasteiger partial charge in [-0.2, -0.15) is 0 Å². The average molecular weight is 212 g/mol. The number of carbonyl (C=O) groups excluding carboxylic acids is 2. The summed E-state index contributed by atoms with van der Waals surface area (Å²) in [5, 5.41) is 2.65. The minimum Gasteiger partial charge on any atom is -0.358 e. The minimum absolute atomic E-state index is 0.0315. The molecule has 1 saturated heterocycles. The van der Waals surface area contributed by atoms with Gasteiger partial charge in [-0.25, -0.2) is 0 Å². The van der Waals surface area contributed by atoms with Crippen molar-refractivity contribution in [2.75, 3.05) is 20.1 Å². The first-order chi connectivity index (χ1) is 7.06. The Hall–Kier alpha value is -0.900. The smallest absolute Gasteiger partial charge is 0.237 e. The van der Waals surface area contributed by atoms with Crippen molar-refractivity contribution in [2.24, 2.45) is 5.92 Å². The molecule has 86 valence electrons. The number of Topliss-reactive ketones (excluding diaryl/α,β-unsaturated/α-hetero) is 1. The molecule has 1 unspecified atom stereocenters. The number of rotatable bonds is 4. The van der Waals surface area contributed by atoms with Crippen LogP contribution in [0.25, 0.3) is 0 Å². The number of hydrogen-bond donors (Lipinski definition) is 1. The molecule has 0 radical (unpaired) electrons. The second-order valence-electron chi connectivity index (χ2n) is 4.36. The van der Waals surface area contributed by atoms with Gasteiger partial charge in [0.1, 0.15) is 5.78 Å². The highest BCUT2D eigenvalue weighted by Gasteiger charge is 2.31. The van der Waals surface area contributed by atoms with Crippen molar-refractivity contribution in [3.05, 3.63) is 0 Å². The molecule has 4 heteroatoms. The van der Waals surface area contributed by atoms with Crippen LogP contribution < -0.4 is 5.32 Å². The predicted molar refractivity (Wildman–Crippen MR) is 58.5 cm³/mol. The number of hydrogen-bond acceptors (Lipinski definition) is 3. The molecule has 1 atom stereocenters. The van der Waals surface area contributed by atoms with Crippen LogP contribution in [0.4, 0.5) is 0 Å². The second kappa shape index (κ2) is 5.26. The molecule has 15 heavy (non-hydrogen) atoms. The van der Waals surface area contributed by atoms with Gasteiger partial charge in [0, 0.05) is 13.0 Å². The van der Waals surface area contributed by atoms with Gasteiger partial charge in [0.15, 0.2) is 0 Å². The van der Waals surface area contributed by atoms with Gasteiger partial charge in [0.2, 0.25) is 5.91 Å². The molecule has 1 aliphatic heterocycles. The number of likely N-dealkylation sites (N-methyl/N-ethyl adjacent to an activating group) is 1. The molecule has 1 fully saturated rings. The fourth-order valence-electron chi connectivity index (χ4n) is 1.86. The van der Waals surface area contributed by atoms with Crippen molar-refractivity contribution < 1.29 is 9.59 Å². The van der Waals surface area contributed by atoms with Crippen LogP contribution in [0.2, 0.25) is 0 Å². The number of likely N-dealkylation sites (tertiary alicyclic amines) is 1. The van der Waals surface area contributed by atoms with E-state index in [1.54, 1.807) is 7.05 Å². The molecule has 0 aromatic heterocycles. The van der Waals surface area contributed by atoms with E-state index in [4.69, 9.17) is 0 Å². The van der Waals surface area contributed by atoms with E-state index in [2.05, 4.69) is 5.32 Å². The molecule has 0 aliphatic carbocycles. The van der Waals surface area contributed by atoms with E-state index in [0.717, 1.165) is 19.4 Å². The number of carbonyl (C=O) groups is 2. The standard InChI is InChI=1S/C11H20N2O2/c1-8(2)10(14)7-13-6-4-5-9(13)11(15)12-3/h8-9H,4-7H2,1-3H3,(H,12,15). The summed E-state index contributed by atoms with van der Waals surface area (Å²) in [6, 6.07) is -0.0994. The van der Waals surface area contributed by atoms with Crippen LogP contribution in [0.1, 0.15) is 26.7 Å². The Balaban J connectivity index is 2.53. The molecule has 0 aromatic carbocycles. The molecular formula is C11H20N2O2. The van der Waals surface area contributed by atoms with E-state index < -0.39 is 0 Å². The Morgan fingerprint density at radius 2 is 2.13 bits per heavy atom. The zero-order valence-electron chi connectivity index (χ0n) is 9.75. The molecule has 0 aromatic rings. The summed E-state index contributed by atoms with van der Waals surface area (Å²) in [6.07, 6.45) is 1.87. The number of ketones is 1. The van der Waals surface area contributed by atoms with Crippen molar-refractivity contribution in [1.82, 2.24) is 10.2 Å². The SMILES string of the molecule is CNC(=O)C1CCCN1CC(=O)C(C)C. The van der Waals surface area contributed by atoms with Crippen LogP contribution in [0.15, 0.2) is 0 Å². The minimum atomic E-state index is -0.0994. The van der Waals surface area contributed by atoms with E-state index in [9.17, 15) is 9.59 Å². The maximum atomic E-state index is 11.6. The van der Waals surface area contributed by atoms with Gasteiger partial charge in [-0.05, 0) is 19.4 Å². The summed E-state index contributed by atoms with van der Waals surface area (Å²) in [4.78, 5) is 25.1. The van der Waals surface area contributed by atoms with E-state index in [1.165, 1.54) is 0 Å². The van der Waals surface area contributed by atoms with Gasteiger partial charge in [0.05, 0.1) is 12.6 Å². The highest BCUT2D eigenvalue weighted by Crippen LogP contribution is 2.17. The maximum Gasteiger partial charge on any atom is 0.237 e. The molecule has 0 spiro atoms. The van der Waals surface area contributed by atoms with Crippen LogP contribution in [-0.4, -0.2) is 42.8 Å². The van der Waals surface area contributed by atoms with Gasteiger partial charge < -0.3 is 5.32 Å². The topological polar surface area (TPSA) is 49.4 Å². The monoisotopic (exact) mass is 212 g/mol. The largest absolute Gasteiger partial charge is 0.358 e. The summed E-state index contributed by atoms with van der Waals surface area (Å²) in [5.41, 5.74) is 0. The Morgan fingerprint density at radius 1 is 1.47 bits per heavy atom. The fraction of sp³-hybridized carbons (Fsp3) is 0.818. The first kappa shape index (κ1) is 12.2. The predicted octanol–water partition coefficient (Wildman–Crippen LogP) is 0.422. The molecule has 0 saturated carbocycles. The maximum absolute atomic E-state index is 11.6. The molecule has 1 amide bonds. The quantitative estimate of drug-likeness (QED) is 0.735. The van der Waals surface area contributed by atoms with Crippen molar-refractivity contribution in [1.29, 1.82) is 0 Å². The second-order valence-corrected chi connectivity index (χ2v) is 4.36. The summed E-state index contributed by atoms with van der Waals surface area (Å²) in [6.45, 7) is 5.06. The highest BCUT2D eigenvalue weighted by molar-refractivity contribution is 5.85. The Kier molecular flexibility index (Phi) is 4.27. The summed E-state index contributed by atoms with van der Waals surface area (Å²) < 4.78 is 0. The third-order valence-corrected chi connectivity index (χ3v) is 2.92. The number of nitrogens with zero attached hydrogens (tertiary/aromatic N) is 1. The Bertz CT molecular complexity index is 251. The summed E-state index contributed by atoms with van der Waals surface area (Å²) in [7, 11) is 1.64. The van der Waals surface area contributed by atoms with Crippen LogP contribution in [0, 0.1) is 5.92 Å². The molecule has 1 aliphatic rings.